The van der Waals surface area contributed by atoms with Crippen LogP contribution in [-0.2, 0) is 5.41 Å². The normalized spacial score (nSPS) is 12.2. The number of benzene rings is 6. The van der Waals surface area contributed by atoms with E-state index in [4.69, 9.17) is 34.4 Å². The Morgan fingerprint density at radius 2 is 0.667 bits per heavy atom. The van der Waals surface area contributed by atoms with Crippen LogP contribution in [0.2, 0.25) is 0 Å². The maximum absolute atomic E-state index is 7.06. The zero-order chi connectivity index (χ0) is 31.6. The van der Waals surface area contributed by atoms with Gasteiger partial charge in [-0.15, -0.1) is 0 Å². The third kappa shape index (κ3) is 5.27. The molecule has 0 aliphatic carbocycles. The molecule has 0 saturated carbocycles. The van der Waals surface area contributed by atoms with Gasteiger partial charge in [0.2, 0.25) is 0 Å². The van der Waals surface area contributed by atoms with E-state index in [0.29, 0.717) is 34.1 Å². The Labute approximate surface area is 264 Å². The molecule has 0 spiro atoms. The van der Waals surface area contributed by atoms with Crippen LogP contribution in [0.1, 0.15) is 45.2 Å². The van der Waals surface area contributed by atoms with E-state index in [1.807, 2.05) is 91.0 Å². The summed E-state index contributed by atoms with van der Waals surface area (Å²) in [6.07, 6.45) is 0. The van der Waals surface area contributed by atoms with Gasteiger partial charge in [-0.3, -0.25) is 0 Å². The van der Waals surface area contributed by atoms with Gasteiger partial charge in [-0.25, -0.2) is 0 Å². The lowest BCUT2D eigenvalue weighted by Crippen LogP contribution is -2.43. The van der Waals surface area contributed by atoms with Gasteiger partial charge < -0.3 is 34.4 Å². The van der Waals surface area contributed by atoms with E-state index in [1.165, 1.54) is 0 Å². The van der Waals surface area contributed by atoms with E-state index in [2.05, 4.69) is 54.6 Å². The maximum Gasteiger partial charge on any atom is 0.0462 e. The van der Waals surface area contributed by atoms with Gasteiger partial charge in [0.15, 0.2) is 0 Å². The van der Waals surface area contributed by atoms with Crippen molar-refractivity contribution in [2.24, 2.45) is 0 Å². The second-order valence-electron chi connectivity index (χ2n) is 11.5. The molecule has 0 aliphatic heterocycles. The van der Waals surface area contributed by atoms with E-state index in [9.17, 15) is 0 Å². The van der Waals surface area contributed by atoms with Crippen molar-refractivity contribution in [2.75, 3.05) is 34.4 Å². The standard InChI is InChI=1S/C39H38N6/c40-28-19-13-25(14-20-28)37(26-15-21-29(41)22-16-26)39(32-8-2-5-11-35(32)44,33-9-3-6-12-36(33)45)38(27-17-23-30(42)24-18-27)31-7-1-4-10-34(31)43/h1-24,37-38H,40-45H2. The molecule has 45 heavy (non-hydrogen) atoms. The monoisotopic (exact) mass is 590 g/mol. The molecule has 6 aromatic rings. The summed E-state index contributed by atoms with van der Waals surface area (Å²) in [4.78, 5) is 0. The molecule has 6 rings (SSSR count). The van der Waals surface area contributed by atoms with Gasteiger partial charge in [0.25, 0.3) is 0 Å². The lowest BCUT2D eigenvalue weighted by molar-refractivity contribution is 0.404. The van der Waals surface area contributed by atoms with Crippen molar-refractivity contribution >= 4 is 34.1 Å². The highest BCUT2D eigenvalue weighted by Gasteiger charge is 2.53. The van der Waals surface area contributed by atoms with E-state index in [-0.39, 0.29) is 5.92 Å². The predicted molar refractivity (Wildman–Crippen MR) is 190 cm³/mol. The molecular weight excluding hydrogens is 552 g/mol. The fourth-order valence-corrected chi connectivity index (χ4v) is 6.93. The lowest BCUT2D eigenvalue weighted by atomic mass is 9.52. The van der Waals surface area contributed by atoms with Crippen LogP contribution in [0.5, 0.6) is 0 Å². The average Bonchev–Trinajstić information content (AvgIpc) is 3.04. The van der Waals surface area contributed by atoms with Crippen LogP contribution in [-0.4, -0.2) is 0 Å². The van der Waals surface area contributed by atoms with Gasteiger partial charge in [0.1, 0.15) is 0 Å². The maximum atomic E-state index is 7.06. The zero-order valence-corrected chi connectivity index (χ0v) is 25.0. The Hall–Kier alpha value is -5.88. The van der Waals surface area contributed by atoms with Gasteiger partial charge in [-0.2, -0.15) is 0 Å². The number of nitrogens with two attached hydrogens (primary N) is 6. The van der Waals surface area contributed by atoms with Crippen molar-refractivity contribution in [3.05, 3.63) is 179 Å². The Morgan fingerprint density at radius 3 is 1.04 bits per heavy atom. The molecule has 0 bridgehead atoms. The van der Waals surface area contributed by atoms with Crippen LogP contribution >= 0.6 is 0 Å². The molecule has 0 radical (unpaired) electrons. The molecule has 1 unspecified atom stereocenters. The first-order valence-corrected chi connectivity index (χ1v) is 14.9. The van der Waals surface area contributed by atoms with E-state index >= 15 is 0 Å². The number of rotatable bonds is 8. The topological polar surface area (TPSA) is 156 Å². The number of hydrogen-bond donors (Lipinski definition) is 6. The summed E-state index contributed by atoms with van der Waals surface area (Å²) < 4.78 is 0. The zero-order valence-electron chi connectivity index (χ0n) is 25.0. The van der Waals surface area contributed by atoms with Gasteiger partial charge in [0.05, 0.1) is 0 Å². The number of nitrogen functional groups attached to an aromatic ring is 6. The largest absolute Gasteiger partial charge is 0.399 e. The van der Waals surface area contributed by atoms with Crippen molar-refractivity contribution in [3.63, 3.8) is 0 Å². The molecule has 224 valence electrons. The summed E-state index contributed by atoms with van der Waals surface area (Å²) in [5.41, 5.74) is 48.6. The minimum atomic E-state index is -0.964. The van der Waals surface area contributed by atoms with Crippen LogP contribution in [0.25, 0.3) is 0 Å². The molecule has 6 aromatic carbocycles. The highest BCUT2D eigenvalue weighted by molar-refractivity contribution is 5.71. The number of para-hydroxylation sites is 3. The van der Waals surface area contributed by atoms with Crippen molar-refractivity contribution in [1.29, 1.82) is 0 Å². The van der Waals surface area contributed by atoms with Crippen molar-refractivity contribution in [2.45, 2.75) is 17.3 Å². The van der Waals surface area contributed by atoms with E-state index < -0.39 is 11.3 Å². The first kappa shape index (κ1) is 29.2. The van der Waals surface area contributed by atoms with Crippen LogP contribution in [0.3, 0.4) is 0 Å². The second kappa shape index (κ2) is 12.0. The van der Waals surface area contributed by atoms with E-state index in [1.54, 1.807) is 0 Å². The van der Waals surface area contributed by atoms with Gasteiger partial charge in [-0.05, 0) is 88.0 Å². The molecular formula is C39H38N6. The fraction of sp³-hybridized carbons (Fsp3) is 0.0769. The fourth-order valence-electron chi connectivity index (χ4n) is 6.93. The molecule has 0 saturated heterocycles. The molecule has 0 aliphatic rings. The summed E-state index contributed by atoms with van der Waals surface area (Å²) in [6, 6.07) is 48.1. The predicted octanol–water partition coefficient (Wildman–Crippen LogP) is 7.13. The van der Waals surface area contributed by atoms with Gasteiger partial charge >= 0.3 is 0 Å². The smallest absolute Gasteiger partial charge is 0.0462 e. The summed E-state index contributed by atoms with van der Waals surface area (Å²) in [5.74, 6) is -0.746. The molecule has 0 heterocycles. The average molecular weight is 591 g/mol. The Bertz CT molecular complexity index is 1820. The van der Waals surface area contributed by atoms with Crippen LogP contribution in [0.4, 0.5) is 34.1 Å². The van der Waals surface area contributed by atoms with Gasteiger partial charge in [0, 0.05) is 51.4 Å². The van der Waals surface area contributed by atoms with Crippen molar-refractivity contribution in [1.82, 2.24) is 0 Å². The lowest BCUT2D eigenvalue weighted by Gasteiger charge is -2.50. The quantitative estimate of drug-likeness (QED) is 0.104. The van der Waals surface area contributed by atoms with Gasteiger partial charge in [-0.1, -0.05) is 91.0 Å². The molecule has 0 aromatic heterocycles. The molecule has 1 atom stereocenters. The molecule has 6 heteroatoms. The van der Waals surface area contributed by atoms with E-state index in [0.717, 1.165) is 33.4 Å². The highest BCUT2D eigenvalue weighted by atomic mass is 14.7. The minimum absolute atomic E-state index is 0.352. The first-order chi connectivity index (χ1) is 21.8. The van der Waals surface area contributed by atoms with Crippen molar-refractivity contribution in [3.8, 4) is 0 Å². The Morgan fingerprint density at radius 1 is 0.333 bits per heavy atom. The minimum Gasteiger partial charge on any atom is -0.399 e. The highest BCUT2D eigenvalue weighted by Crippen LogP contribution is 2.61. The van der Waals surface area contributed by atoms with Crippen molar-refractivity contribution < 1.29 is 0 Å². The Kier molecular flexibility index (Phi) is 7.80. The third-order valence-corrected chi connectivity index (χ3v) is 8.84. The summed E-state index contributed by atoms with van der Waals surface area (Å²) in [5, 5.41) is 0. The number of hydrogen-bond acceptors (Lipinski definition) is 6. The van der Waals surface area contributed by atoms with Crippen LogP contribution < -0.4 is 34.4 Å². The Balaban J connectivity index is 1.89. The third-order valence-electron chi connectivity index (χ3n) is 8.84. The number of anilines is 6. The summed E-state index contributed by atoms with van der Waals surface area (Å²) >= 11 is 0. The molecule has 6 nitrogen and oxygen atoms in total. The summed E-state index contributed by atoms with van der Waals surface area (Å²) in [6.45, 7) is 0. The molecule has 0 fully saturated rings. The molecule has 12 N–H and O–H groups in total. The molecule has 0 amide bonds. The SMILES string of the molecule is Nc1ccc(C(c2ccc(N)cc2)C(c2ccccc2N)(c2ccccc2N)C(c2ccc(N)cc2)c2ccccc2N)cc1. The van der Waals surface area contributed by atoms with Crippen LogP contribution in [0.15, 0.2) is 146 Å². The second-order valence-corrected chi connectivity index (χ2v) is 11.5. The summed E-state index contributed by atoms with van der Waals surface area (Å²) in [7, 11) is 0. The first-order valence-electron chi connectivity index (χ1n) is 14.9. The van der Waals surface area contributed by atoms with Crippen LogP contribution in [0, 0.1) is 0 Å².